The molecule has 1 aromatic heterocycles. The number of anilines is 2. The number of unbranched alkanes of at least 4 members (excludes halogenated alkanes) is 1. The van der Waals surface area contributed by atoms with Gasteiger partial charge >= 0.3 is 5.97 Å². The van der Waals surface area contributed by atoms with E-state index in [-0.39, 0.29) is 30.2 Å². The first-order chi connectivity index (χ1) is 14.9. The van der Waals surface area contributed by atoms with Gasteiger partial charge in [0.25, 0.3) is 0 Å². The molecule has 3 aromatic rings. The minimum absolute atomic E-state index is 0.0897. The number of aromatic carboxylic acids is 1. The van der Waals surface area contributed by atoms with Gasteiger partial charge in [-0.15, -0.1) is 11.3 Å². The Balaban J connectivity index is 1.49. The number of amides is 2. The van der Waals surface area contributed by atoms with Crippen LogP contribution in [-0.2, 0) is 9.59 Å². The summed E-state index contributed by atoms with van der Waals surface area (Å²) in [6, 6.07) is 16.0. The molecule has 8 heteroatoms. The fourth-order valence-electron chi connectivity index (χ4n) is 3.01. The molecule has 0 radical (unpaired) electrons. The molecule has 0 atom stereocenters. The lowest BCUT2D eigenvalue weighted by atomic mass is 10.0. The molecule has 0 aliphatic heterocycles. The SMILES string of the molecule is O=C(CCCCC(=O)Nc1scc(-c2ccccc2)c1C(=O)O)Nc1ccc(Cl)cc1. The lowest BCUT2D eigenvalue weighted by Gasteiger charge is -2.07. The van der Waals surface area contributed by atoms with E-state index < -0.39 is 5.97 Å². The molecule has 0 spiro atoms. The summed E-state index contributed by atoms with van der Waals surface area (Å²) in [5.41, 5.74) is 2.11. The highest BCUT2D eigenvalue weighted by Gasteiger charge is 2.20. The van der Waals surface area contributed by atoms with E-state index in [0.29, 0.717) is 34.1 Å². The number of hydrogen-bond donors (Lipinski definition) is 3. The Hall–Kier alpha value is -3.16. The molecule has 3 N–H and O–H groups in total. The topological polar surface area (TPSA) is 95.5 Å². The van der Waals surface area contributed by atoms with Crippen molar-refractivity contribution in [1.82, 2.24) is 0 Å². The lowest BCUT2D eigenvalue weighted by molar-refractivity contribution is -0.118. The fourth-order valence-corrected chi connectivity index (χ4v) is 4.11. The van der Waals surface area contributed by atoms with Gasteiger partial charge in [0.2, 0.25) is 11.8 Å². The van der Waals surface area contributed by atoms with E-state index in [2.05, 4.69) is 10.6 Å². The van der Waals surface area contributed by atoms with Crippen LogP contribution in [0, 0.1) is 0 Å². The first-order valence-electron chi connectivity index (χ1n) is 9.69. The Labute approximate surface area is 188 Å². The second-order valence-corrected chi connectivity index (χ2v) is 8.15. The van der Waals surface area contributed by atoms with Crippen LogP contribution in [0.5, 0.6) is 0 Å². The van der Waals surface area contributed by atoms with E-state index in [9.17, 15) is 19.5 Å². The maximum Gasteiger partial charge on any atom is 0.339 e. The van der Waals surface area contributed by atoms with Gasteiger partial charge < -0.3 is 15.7 Å². The highest BCUT2D eigenvalue weighted by Crippen LogP contribution is 2.35. The average Bonchev–Trinajstić information content (AvgIpc) is 3.17. The van der Waals surface area contributed by atoms with Gasteiger partial charge in [0, 0.05) is 34.5 Å². The second kappa shape index (κ2) is 10.7. The van der Waals surface area contributed by atoms with Crippen LogP contribution in [0.4, 0.5) is 10.7 Å². The van der Waals surface area contributed by atoms with Crippen molar-refractivity contribution in [3.63, 3.8) is 0 Å². The third-order valence-corrected chi connectivity index (χ3v) is 5.68. The minimum atomic E-state index is -1.09. The summed E-state index contributed by atoms with van der Waals surface area (Å²) in [4.78, 5) is 36.0. The average molecular weight is 457 g/mol. The van der Waals surface area contributed by atoms with Crippen LogP contribution in [0.2, 0.25) is 5.02 Å². The number of carbonyl (C=O) groups excluding carboxylic acids is 2. The number of hydrogen-bond acceptors (Lipinski definition) is 4. The molecule has 2 amide bonds. The maximum atomic E-state index is 12.3. The highest BCUT2D eigenvalue weighted by atomic mass is 35.5. The van der Waals surface area contributed by atoms with Gasteiger partial charge in [0.05, 0.1) is 0 Å². The third kappa shape index (κ3) is 6.41. The molecule has 3 rings (SSSR count). The van der Waals surface area contributed by atoms with E-state index in [4.69, 9.17) is 11.6 Å². The molecule has 1 heterocycles. The molecule has 0 saturated heterocycles. The molecule has 6 nitrogen and oxygen atoms in total. The molecule has 31 heavy (non-hydrogen) atoms. The predicted octanol–water partition coefficient (Wildman–Crippen LogP) is 5.90. The number of carboxylic acids is 1. The van der Waals surface area contributed by atoms with Crippen molar-refractivity contribution in [1.29, 1.82) is 0 Å². The van der Waals surface area contributed by atoms with E-state index in [0.717, 1.165) is 5.56 Å². The zero-order chi connectivity index (χ0) is 22.2. The van der Waals surface area contributed by atoms with Gasteiger partial charge in [0.15, 0.2) is 0 Å². The van der Waals surface area contributed by atoms with Crippen LogP contribution >= 0.6 is 22.9 Å². The Morgan fingerprint density at radius 3 is 2.10 bits per heavy atom. The Morgan fingerprint density at radius 2 is 1.48 bits per heavy atom. The van der Waals surface area contributed by atoms with Gasteiger partial charge in [-0.2, -0.15) is 0 Å². The number of halogens is 1. The van der Waals surface area contributed by atoms with Crippen LogP contribution in [0.15, 0.2) is 60.0 Å². The second-order valence-electron chi connectivity index (χ2n) is 6.84. The smallest absolute Gasteiger partial charge is 0.339 e. The first-order valence-corrected chi connectivity index (χ1v) is 11.0. The quantitative estimate of drug-likeness (QED) is 0.349. The van der Waals surface area contributed by atoms with Gasteiger partial charge in [-0.05, 0) is 42.7 Å². The van der Waals surface area contributed by atoms with Gasteiger partial charge in [-0.1, -0.05) is 41.9 Å². The Bertz CT molecular complexity index is 1060. The third-order valence-electron chi connectivity index (χ3n) is 4.53. The zero-order valence-electron chi connectivity index (χ0n) is 16.6. The summed E-state index contributed by atoms with van der Waals surface area (Å²) in [5.74, 6) is -1.50. The molecule has 2 aromatic carbocycles. The van der Waals surface area contributed by atoms with Gasteiger partial charge in [-0.25, -0.2) is 4.79 Å². The van der Waals surface area contributed by atoms with Crippen molar-refractivity contribution >= 4 is 51.4 Å². The largest absolute Gasteiger partial charge is 0.478 e. The van der Waals surface area contributed by atoms with Crippen LogP contribution < -0.4 is 10.6 Å². The summed E-state index contributed by atoms with van der Waals surface area (Å²) < 4.78 is 0. The van der Waals surface area contributed by atoms with Crippen LogP contribution in [-0.4, -0.2) is 22.9 Å². The molecule has 0 saturated carbocycles. The van der Waals surface area contributed by atoms with E-state index >= 15 is 0 Å². The van der Waals surface area contributed by atoms with Crippen LogP contribution in [0.1, 0.15) is 36.0 Å². The lowest BCUT2D eigenvalue weighted by Crippen LogP contribution is -2.14. The van der Waals surface area contributed by atoms with Crippen molar-refractivity contribution in [2.75, 3.05) is 10.6 Å². The predicted molar refractivity (Wildman–Crippen MR) is 124 cm³/mol. The van der Waals surface area contributed by atoms with Crippen molar-refractivity contribution in [2.45, 2.75) is 25.7 Å². The first kappa shape index (κ1) is 22.5. The summed E-state index contributed by atoms with van der Waals surface area (Å²) in [7, 11) is 0. The number of thiophene rings is 1. The number of benzene rings is 2. The summed E-state index contributed by atoms with van der Waals surface area (Å²) in [6.07, 6.45) is 1.54. The molecule has 0 fully saturated rings. The Morgan fingerprint density at radius 1 is 0.871 bits per heavy atom. The molecule has 160 valence electrons. The summed E-state index contributed by atoms with van der Waals surface area (Å²) in [5, 5.41) is 17.7. The normalized spacial score (nSPS) is 10.5. The number of nitrogens with one attached hydrogen (secondary N) is 2. The molecule has 0 bridgehead atoms. The Kier molecular flexibility index (Phi) is 7.81. The van der Waals surface area contributed by atoms with Crippen LogP contribution in [0.25, 0.3) is 11.1 Å². The van der Waals surface area contributed by atoms with E-state index in [1.54, 1.807) is 29.6 Å². The molecular weight excluding hydrogens is 436 g/mol. The van der Waals surface area contributed by atoms with Crippen LogP contribution in [0.3, 0.4) is 0 Å². The zero-order valence-corrected chi connectivity index (χ0v) is 18.1. The van der Waals surface area contributed by atoms with Gasteiger partial charge in [-0.3, -0.25) is 9.59 Å². The van der Waals surface area contributed by atoms with Crippen molar-refractivity contribution in [2.24, 2.45) is 0 Å². The van der Waals surface area contributed by atoms with Crippen molar-refractivity contribution < 1.29 is 19.5 Å². The monoisotopic (exact) mass is 456 g/mol. The summed E-state index contributed by atoms with van der Waals surface area (Å²) in [6.45, 7) is 0. The number of carboxylic acid groups (broad SMARTS) is 1. The maximum absolute atomic E-state index is 12.3. The molecule has 0 aliphatic carbocycles. The molecular formula is C23H21ClN2O4S. The minimum Gasteiger partial charge on any atom is -0.478 e. The van der Waals surface area contributed by atoms with Gasteiger partial charge in [0.1, 0.15) is 10.6 Å². The highest BCUT2D eigenvalue weighted by molar-refractivity contribution is 7.15. The number of carbonyl (C=O) groups is 3. The summed E-state index contributed by atoms with van der Waals surface area (Å²) >= 11 is 7.00. The molecule has 0 aliphatic rings. The number of rotatable bonds is 9. The molecule has 0 unspecified atom stereocenters. The van der Waals surface area contributed by atoms with Crippen molar-refractivity contribution in [3.05, 3.63) is 70.6 Å². The van der Waals surface area contributed by atoms with E-state index in [1.807, 2.05) is 30.3 Å². The fraction of sp³-hybridized carbons (Fsp3) is 0.174. The van der Waals surface area contributed by atoms with E-state index in [1.165, 1.54) is 11.3 Å². The standard InChI is InChI=1S/C23H21ClN2O4S/c24-16-10-12-17(13-11-16)25-19(27)8-4-5-9-20(28)26-22-21(23(29)30)18(14-31-22)15-6-2-1-3-7-15/h1-3,6-7,10-14H,4-5,8-9H2,(H,25,27)(H,26,28)(H,29,30). The van der Waals surface area contributed by atoms with Crippen molar-refractivity contribution in [3.8, 4) is 11.1 Å².